The summed E-state index contributed by atoms with van der Waals surface area (Å²) in [6.45, 7) is 3.19. The Morgan fingerprint density at radius 1 is 1.03 bits per heavy atom. The number of rotatable bonds is 6. The maximum absolute atomic E-state index is 12.8. The minimum Gasteiger partial charge on any atom is -0.331 e. The average molecular weight is 506 g/mol. The van der Waals surface area contributed by atoms with Gasteiger partial charge in [-0.3, -0.25) is 14.7 Å². The molecule has 3 heterocycles. The number of fused-ring (bicyclic) bond motifs is 2. The Morgan fingerprint density at radius 2 is 1.87 bits per heavy atom. The van der Waals surface area contributed by atoms with Gasteiger partial charge in [0, 0.05) is 55.6 Å². The Balaban J connectivity index is 0.990. The quantitative estimate of drug-likeness (QED) is 0.297. The summed E-state index contributed by atoms with van der Waals surface area (Å²) < 4.78 is 2.28. The second kappa shape index (κ2) is 11.0. The molecule has 0 saturated heterocycles. The lowest BCUT2D eigenvalue weighted by molar-refractivity contribution is 0.100. The molecule has 0 bridgehead atoms. The van der Waals surface area contributed by atoms with Gasteiger partial charge < -0.3 is 4.57 Å². The molecule has 0 atom stereocenters. The van der Waals surface area contributed by atoms with Crippen LogP contribution in [0.5, 0.6) is 0 Å². The molecule has 1 fully saturated rings. The van der Waals surface area contributed by atoms with Crippen LogP contribution in [0.2, 0.25) is 0 Å². The number of pyridine rings is 1. The van der Waals surface area contributed by atoms with Gasteiger partial charge in [0.05, 0.1) is 16.8 Å². The van der Waals surface area contributed by atoms with E-state index in [0.29, 0.717) is 11.5 Å². The molecule has 38 heavy (non-hydrogen) atoms. The van der Waals surface area contributed by atoms with Crippen molar-refractivity contribution in [3.63, 3.8) is 0 Å². The molecular weight excluding hydrogens is 470 g/mol. The maximum Gasteiger partial charge on any atom is 0.277 e. The van der Waals surface area contributed by atoms with Crippen LogP contribution in [0.15, 0.2) is 71.9 Å². The maximum atomic E-state index is 12.8. The largest absolute Gasteiger partial charge is 0.331 e. The van der Waals surface area contributed by atoms with E-state index < -0.39 is 0 Å². The molecule has 1 aliphatic heterocycles. The highest BCUT2D eigenvalue weighted by Crippen LogP contribution is 2.31. The summed E-state index contributed by atoms with van der Waals surface area (Å²) in [6, 6.07) is 20.0. The number of carbonyl (C=O) groups is 1. The van der Waals surface area contributed by atoms with Crippen molar-refractivity contribution in [2.75, 3.05) is 13.1 Å². The van der Waals surface area contributed by atoms with Gasteiger partial charge in [0.1, 0.15) is 5.82 Å². The van der Waals surface area contributed by atoms with Gasteiger partial charge in [0.15, 0.2) is 0 Å². The molecule has 6 rings (SSSR count). The first-order valence-electron chi connectivity index (χ1n) is 13.9. The van der Waals surface area contributed by atoms with Crippen molar-refractivity contribution in [2.24, 2.45) is 23.9 Å². The van der Waals surface area contributed by atoms with Crippen LogP contribution in [0.4, 0.5) is 0 Å². The molecule has 194 valence electrons. The summed E-state index contributed by atoms with van der Waals surface area (Å²) in [5.74, 6) is 2.06. The molecule has 0 unspecified atom stereocenters. The summed E-state index contributed by atoms with van der Waals surface area (Å²) in [6.07, 6.45) is 10.6. The van der Waals surface area contributed by atoms with Gasteiger partial charge >= 0.3 is 0 Å². The van der Waals surface area contributed by atoms with Crippen LogP contribution in [0.1, 0.15) is 53.8 Å². The number of carbonyl (C=O) groups excluding carboxylic acids is 1. The molecule has 6 heteroatoms. The van der Waals surface area contributed by atoms with Gasteiger partial charge in [-0.2, -0.15) is 0 Å². The standard InChI is InChI=1S/C32H35N5O/c1-36-30-17-20-37(22-29(30)35-31(36)25-7-3-2-4-8-25)19-16-23-12-14-24(15-13-23)21-34-32(38)27-9-5-11-28-26(27)10-6-18-33-28/h2-11,18,21,23-24H,12-17,19-20,22H2,1H3. The number of hydrogen-bond donors (Lipinski definition) is 0. The van der Waals surface area contributed by atoms with E-state index in [1.54, 1.807) is 6.20 Å². The average Bonchev–Trinajstić information content (AvgIpc) is 3.31. The van der Waals surface area contributed by atoms with Crippen molar-refractivity contribution in [1.29, 1.82) is 0 Å². The highest BCUT2D eigenvalue weighted by atomic mass is 16.1. The van der Waals surface area contributed by atoms with Gasteiger partial charge in [-0.05, 0) is 68.7 Å². The molecule has 0 spiro atoms. The zero-order valence-electron chi connectivity index (χ0n) is 22.1. The van der Waals surface area contributed by atoms with E-state index >= 15 is 0 Å². The third-order valence-electron chi connectivity index (χ3n) is 8.39. The summed E-state index contributed by atoms with van der Waals surface area (Å²) in [4.78, 5) is 29.1. The van der Waals surface area contributed by atoms with Crippen molar-refractivity contribution in [2.45, 2.75) is 45.1 Å². The van der Waals surface area contributed by atoms with Crippen LogP contribution in [0.25, 0.3) is 22.3 Å². The number of aromatic nitrogens is 3. The lowest BCUT2D eigenvalue weighted by Gasteiger charge is -2.31. The van der Waals surface area contributed by atoms with E-state index in [9.17, 15) is 4.79 Å². The van der Waals surface area contributed by atoms with Crippen LogP contribution in [-0.4, -0.2) is 44.6 Å². The fourth-order valence-corrected chi connectivity index (χ4v) is 6.14. The van der Waals surface area contributed by atoms with E-state index in [1.165, 1.54) is 36.2 Å². The van der Waals surface area contributed by atoms with E-state index in [1.807, 2.05) is 36.5 Å². The van der Waals surface area contributed by atoms with Crippen LogP contribution >= 0.6 is 0 Å². The molecule has 0 radical (unpaired) electrons. The Hall–Kier alpha value is -3.64. The molecule has 1 aliphatic carbocycles. The monoisotopic (exact) mass is 505 g/mol. The van der Waals surface area contributed by atoms with Gasteiger partial charge in [0.2, 0.25) is 0 Å². The third-order valence-corrected chi connectivity index (χ3v) is 8.39. The molecule has 2 aliphatic rings. The first-order valence-corrected chi connectivity index (χ1v) is 13.9. The Bertz CT molecular complexity index is 1440. The number of hydrogen-bond acceptors (Lipinski definition) is 4. The highest BCUT2D eigenvalue weighted by molar-refractivity contribution is 6.08. The van der Waals surface area contributed by atoms with Crippen molar-refractivity contribution < 1.29 is 4.79 Å². The molecule has 4 aromatic rings. The third kappa shape index (κ3) is 5.18. The number of aliphatic imine (C=N–C) groups is 1. The number of imidazole rings is 1. The first kappa shape index (κ1) is 24.7. The van der Waals surface area contributed by atoms with Gasteiger partial charge in [-0.25, -0.2) is 9.98 Å². The molecule has 2 aromatic carbocycles. The van der Waals surface area contributed by atoms with Crippen LogP contribution in [-0.2, 0) is 20.0 Å². The normalized spacial score (nSPS) is 20.1. The molecule has 1 amide bonds. The summed E-state index contributed by atoms with van der Waals surface area (Å²) in [5, 5.41) is 0.868. The zero-order chi connectivity index (χ0) is 25.9. The smallest absolute Gasteiger partial charge is 0.277 e. The second-order valence-electron chi connectivity index (χ2n) is 10.8. The number of nitrogens with zero attached hydrogens (tertiary/aromatic N) is 5. The SMILES string of the molecule is Cn1c(-c2ccccc2)nc2c1CCN(CCC1CCC(C=NC(=O)c3cccc4ncccc34)CC1)C2. The minimum absolute atomic E-state index is 0.167. The highest BCUT2D eigenvalue weighted by Gasteiger charge is 2.25. The van der Waals surface area contributed by atoms with E-state index in [2.05, 4.69) is 56.8 Å². The van der Waals surface area contributed by atoms with Crippen molar-refractivity contribution in [1.82, 2.24) is 19.4 Å². The number of benzene rings is 2. The molecular formula is C32H35N5O. The van der Waals surface area contributed by atoms with Crippen LogP contribution < -0.4 is 0 Å². The van der Waals surface area contributed by atoms with Gasteiger partial charge in [-0.1, -0.05) is 42.5 Å². The molecule has 1 saturated carbocycles. The fraction of sp³-hybridized carbons (Fsp3) is 0.375. The predicted octanol–water partition coefficient (Wildman–Crippen LogP) is 6.10. The molecule has 0 N–H and O–H groups in total. The van der Waals surface area contributed by atoms with E-state index in [0.717, 1.165) is 61.5 Å². The lowest BCUT2D eigenvalue weighted by Crippen LogP contribution is -2.33. The first-order chi connectivity index (χ1) is 18.7. The Labute approximate surface area is 224 Å². The Kier molecular flexibility index (Phi) is 7.14. The summed E-state index contributed by atoms with van der Waals surface area (Å²) >= 11 is 0. The van der Waals surface area contributed by atoms with E-state index in [-0.39, 0.29) is 5.91 Å². The van der Waals surface area contributed by atoms with Crippen LogP contribution in [0, 0.1) is 11.8 Å². The van der Waals surface area contributed by atoms with Crippen molar-refractivity contribution in [3.8, 4) is 11.4 Å². The van der Waals surface area contributed by atoms with Gasteiger partial charge in [-0.15, -0.1) is 0 Å². The topological polar surface area (TPSA) is 63.4 Å². The van der Waals surface area contributed by atoms with Crippen LogP contribution in [0.3, 0.4) is 0 Å². The second-order valence-corrected chi connectivity index (χ2v) is 10.8. The lowest BCUT2D eigenvalue weighted by atomic mass is 9.81. The zero-order valence-corrected chi connectivity index (χ0v) is 22.1. The minimum atomic E-state index is -0.167. The fourth-order valence-electron chi connectivity index (χ4n) is 6.14. The van der Waals surface area contributed by atoms with Gasteiger partial charge in [0.25, 0.3) is 5.91 Å². The molecule has 2 aromatic heterocycles. The number of amides is 1. The predicted molar refractivity (Wildman–Crippen MR) is 152 cm³/mol. The van der Waals surface area contributed by atoms with Crippen molar-refractivity contribution >= 4 is 23.0 Å². The Morgan fingerprint density at radius 3 is 2.71 bits per heavy atom. The summed E-state index contributed by atoms with van der Waals surface area (Å²) in [7, 11) is 2.15. The molecule has 6 nitrogen and oxygen atoms in total. The van der Waals surface area contributed by atoms with E-state index in [4.69, 9.17) is 4.98 Å². The van der Waals surface area contributed by atoms with Crippen molar-refractivity contribution in [3.05, 3.63) is 83.8 Å². The summed E-state index contributed by atoms with van der Waals surface area (Å²) in [5.41, 5.74) is 5.28.